The van der Waals surface area contributed by atoms with Crippen molar-refractivity contribution in [3.8, 4) is 0 Å². The van der Waals surface area contributed by atoms with Crippen molar-refractivity contribution in [3.63, 3.8) is 0 Å². The molecule has 0 fully saturated rings. The number of aliphatic hydroxyl groups is 1. The standard InChI is InChI=1S/C23H22ClNO4/c1-23(2,3)14-6-4-13(5-7-14)19-18-20(27)16-12-15(24)8-9-17(16)29-21(18)22(28)25(19)10-11-26/h4-9,12,19,26H,10-11H2,1-3H3. The van der Waals surface area contributed by atoms with Crippen molar-refractivity contribution in [3.05, 3.63) is 80.2 Å². The Hall–Kier alpha value is -2.63. The molecule has 29 heavy (non-hydrogen) atoms. The summed E-state index contributed by atoms with van der Waals surface area (Å²) in [5, 5.41) is 10.3. The number of carbonyl (C=O) groups excluding carboxylic acids is 1. The Morgan fingerprint density at radius 1 is 1.10 bits per heavy atom. The van der Waals surface area contributed by atoms with Crippen LogP contribution in [0.25, 0.3) is 11.0 Å². The summed E-state index contributed by atoms with van der Waals surface area (Å²) in [7, 11) is 0. The molecular formula is C23H22ClNO4. The van der Waals surface area contributed by atoms with E-state index in [9.17, 15) is 14.7 Å². The Bertz CT molecular complexity index is 1160. The van der Waals surface area contributed by atoms with Gasteiger partial charge in [0.1, 0.15) is 5.58 Å². The van der Waals surface area contributed by atoms with Gasteiger partial charge in [0.05, 0.1) is 23.6 Å². The number of hydrogen-bond donors (Lipinski definition) is 1. The summed E-state index contributed by atoms with van der Waals surface area (Å²) < 4.78 is 5.83. The van der Waals surface area contributed by atoms with Crippen molar-refractivity contribution >= 4 is 28.5 Å². The molecule has 0 radical (unpaired) electrons. The van der Waals surface area contributed by atoms with Crippen LogP contribution in [0, 0.1) is 0 Å². The van der Waals surface area contributed by atoms with Crippen molar-refractivity contribution in [2.75, 3.05) is 13.2 Å². The maximum atomic E-state index is 13.3. The van der Waals surface area contributed by atoms with Crippen LogP contribution in [0.4, 0.5) is 0 Å². The zero-order valence-electron chi connectivity index (χ0n) is 16.5. The van der Waals surface area contributed by atoms with Gasteiger partial charge in [0.25, 0.3) is 5.91 Å². The van der Waals surface area contributed by atoms with Crippen LogP contribution >= 0.6 is 11.6 Å². The molecule has 1 amide bonds. The van der Waals surface area contributed by atoms with E-state index in [1.165, 1.54) is 4.90 Å². The van der Waals surface area contributed by atoms with Crippen LogP contribution in [0.1, 0.15) is 54.1 Å². The molecular weight excluding hydrogens is 390 g/mol. The summed E-state index contributed by atoms with van der Waals surface area (Å²) in [6, 6.07) is 12.0. The highest BCUT2D eigenvalue weighted by molar-refractivity contribution is 6.31. The van der Waals surface area contributed by atoms with E-state index in [-0.39, 0.29) is 29.8 Å². The topological polar surface area (TPSA) is 70.8 Å². The molecule has 6 heteroatoms. The first-order valence-electron chi connectivity index (χ1n) is 9.51. The zero-order valence-corrected chi connectivity index (χ0v) is 17.3. The molecule has 2 heterocycles. The first kappa shape index (κ1) is 19.7. The smallest absolute Gasteiger partial charge is 0.290 e. The average Bonchev–Trinajstić information content (AvgIpc) is 2.95. The van der Waals surface area contributed by atoms with Crippen molar-refractivity contribution < 1.29 is 14.3 Å². The van der Waals surface area contributed by atoms with Crippen LogP contribution in [0.15, 0.2) is 51.7 Å². The number of fused-ring (bicyclic) bond motifs is 2. The van der Waals surface area contributed by atoms with Crippen LogP contribution in [0.3, 0.4) is 0 Å². The second kappa shape index (κ2) is 7.01. The third-order valence-corrected chi connectivity index (χ3v) is 5.60. The number of halogens is 1. The minimum Gasteiger partial charge on any atom is -0.450 e. The average molecular weight is 412 g/mol. The first-order valence-corrected chi connectivity index (χ1v) is 9.88. The van der Waals surface area contributed by atoms with E-state index in [4.69, 9.17) is 16.0 Å². The van der Waals surface area contributed by atoms with E-state index in [2.05, 4.69) is 20.8 Å². The molecule has 0 aliphatic carbocycles. The van der Waals surface area contributed by atoms with Crippen LogP contribution in [-0.4, -0.2) is 29.1 Å². The van der Waals surface area contributed by atoms with Gasteiger partial charge in [-0.05, 0) is 34.7 Å². The predicted molar refractivity (Wildman–Crippen MR) is 113 cm³/mol. The molecule has 0 saturated carbocycles. The Morgan fingerprint density at radius 2 is 1.79 bits per heavy atom. The molecule has 1 atom stereocenters. The van der Waals surface area contributed by atoms with Gasteiger partial charge in [-0.15, -0.1) is 0 Å². The molecule has 1 N–H and O–H groups in total. The van der Waals surface area contributed by atoms with E-state index >= 15 is 0 Å². The molecule has 1 aliphatic rings. The SMILES string of the molecule is CC(C)(C)c1ccc(C2c3c(oc4ccc(Cl)cc4c3=O)C(=O)N2CCO)cc1. The van der Waals surface area contributed by atoms with E-state index in [0.717, 1.165) is 11.1 Å². The molecule has 1 unspecified atom stereocenters. The van der Waals surface area contributed by atoms with E-state index in [1.807, 2.05) is 24.3 Å². The summed E-state index contributed by atoms with van der Waals surface area (Å²) in [4.78, 5) is 27.8. The summed E-state index contributed by atoms with van der Waals surface area (Å²) in [6.45, 7) is 6.26. The van der Waals surface area contributed by atoms with E-state index in [0.29, 0.717) is 21.6 Å². The Labute approximate surface area is 173 Å². The molecule has 0 saturated heterocycles. The van der Waals surface area contributed by atoms with Gasteiger partial charge in [0.2, 0.25) is 5.76 Å². The summed E-state index contributed by atoms with van der Waals surface area (Å²) >= 11 is 6.07. The lowest BCUT2D eigenvalue weighted by molar-refractivity contribution is 0.0691. The number of nitrogens with zero attached hydrogens (tertiary/aromatic N) is 1. The third kappa shape index (κ3) is 3.24. The van der Waals surface area contributed by atoms with Gasteiger partial charge in [-0.3, -0.25) is 9.59 Å². The summed E-state index contributed by atoms with van der Waals surface area (Å²) in [6.07, 6.45) is 0. The van der Waals surface area contributed by atoms with Crippen molar-refractivity contribution in [2.45, 2.75) is 32.2 Å². The Balaban J connectivity index is 1.94. The lowest BCUT2D eigenvalue weighted by atomic mass is 9.86. The molecule has 0 spiro atoms. The summed E-state index contributed by atoms with van der Waals surface area (Å²) in [5.74, 6) is -0.365. The molecule has 1 aromatic heterocycles. The highest BCUT2D eigenvalue weighted by Crippen LogP contribution is 2.38. The quantitative estimate of drug-likeness (QED) is 0.698. The number of carbonyl (C=O) groups is 1. The Kier molecular flexibility index (Phi) is 4.75. The first-order chi connectivity index (χ1) is 13.7. The van der Waals surface area contributed by atoms with E-state index < -0.39 is 11.9 Å². The van der Waals surface area contributed by atoms with Crippen LogP contribution in [-0.2, 0) is 5.41 Å². The molecule has 0 bridgehead atoms. The number of hydrogen-bond acceptors (Lipinski definition) is 4. The van der Waals surface area contributed by atoms with Crippen molar-refractivity contribution in [1.29, 1.82) is 0 Å². The lowest BCUT2D eigenvalue weighted by Crippen LogP contribution is -2.32. The van der Waals surface area contributed by atoms with Gasteiger partial charge < -0.3 is 14.4 Å². The molecule has 2 aromatic carbocycles. The molecule has 3 aromatic rings. The molecule has 150 valence electrons. The lowest BCUT2D eigenvalue weighted by Gasteiger charge is -2.25. The van der Waals surface area contributed by atoms with Crippen LogP contribution in [0.2, 0.25) is 5.02 Å². The maximum Gasteiger partial charge on any atom is 0.290 e. The predicted octanol–water partition coefficient (Wildman–Crippen LogP) is 4.28. The van der Waals surface area contributed by atoms with Crippen LogP contribution in [0.5, 0.6) is 0 Å². The normalized spacial score (nSPS) is 16.5. The van der Waals surface area contributed by atoms with Gasteiger partial charge in [-0.2, -0.15) is 0 Å². The van der Waals surface area contributed by atoms with Crippen molar-refractivity contribution in [1.82, 2.24) is 4.90 Å². The van der Waals surface area contributed by atoms with Gasteiger partial charge in [-0.25, -0.2) is 0 Å². The molecule has 5 nitrogen and oxygen atoms in total. The largest absolute Gasteiger partial charge is 0.450 e. The van der Waals surface area contributed by atoms with Gasteiger partial charge >= 0.3 is 0 Å². The zero-order chi connectivity index (χ0) is 20.9. The number of rotatable bonds is 3. The second-order valence-electron chi connectivity index (χ2n) is 8.31. The fourth-order valence-electron chi connectivity index (χ4n) is 3.84. The Morgan fingerprint density at radius 3 is 2.41 bits per heavy atom. The minimum atomic E-state index is -0.613. The van der Waals surface area contributed by atoms with E-state index in [1.54, 1.807) is 18.2 Å². The molecule has 1 aliphatic heterocycles. The fraction of sp³-hybridized carbons (Fsp3) is 0.304. The van der Waals surface area contributed by atoms with Gasteiger partial charge in [-0.1, -0.05) is 56.6 Å². The highest BCUT2D eigenvalue weighted by atomic mass is 35.5. The second-order valence-corrected chi connectivity index (χ2v) is 8.75. The maximum absolute atomic E-state index is 13.3. The van der Waals surface area contributed by atoms with Gasteiger partial charge in [0.15, 0.2) is 5.43 Å². The summed E-state index contributed by atoms with van der Waals surface area (Å²) in [5.41, 5.74) is 2.27. The monoisotopic (exact) mass is 411 g/mol. The fourth-order valence-corrected chi connectivity index (χ4v) is 4.02. The van der Waals surface area contributed by atoms with Crippen LogP contribution < -0.4 is 5.43 Å². The number of benzene rings is 2. The third-order valence-electron chi connectivity index (χ3n) is 5.36. The number of β-amino-alcohol motifs (C(OH)–C–C–N with tert-alkyl or cyclic N) is 1. The minimum absolute atomic E-state index is 0.0152. The molecule has 4 rings (SSSR count). The number of aliphatic hydroxyl groups excluding tert-OH is 1. The number of amides is 1. The van der Waals surface area contributed by atoms with Gasteiger partial charge in [0, 0.05) is 11.6 Å². The van der Waals surface area contributed by atoms with Crippen molar-refractivity contribution in [2.24, 2.45) is 0 Å². The highest BCUT2D eigenvalue weighted by Gasteiger charge is 2.42.